The highest BCUT2D eigenvalue weighted by atomic mass is 14.7. The summed E-state index contributed by atoms with van der Waals surface area (Å²) in [6.45, 7) is 4.67. The predicted octanol–water partition coefficient (Wildman–Crippen LogP) is 3.72. The summed E-state index contributed by atoms with van der Waals surface area (Å²) >= 11 is 0. The van der Waals surface area contributed by atoms with Gasteiger partial charge in [-0.05, 0) is 24.7 Å². The lowest BCUT2D eigenvalue weighted by atomic mass is 9.81. The minimum atomic E-state index is 0.475. The van der Waals surface area contributed by atoms with Crippen molar-refractivity contribution >= 4 is 0 Å². The molecule has 1 aliphatic carbocycles. The number of nitrogens with two attached hydrogens (primary N) is 1. The van der Waals surface area contributed by atoms with E-state index in [-0.39, 0.29) is 0 Å². The molecule has 0 saturated heterocycles. The molecule has 1 rings (SSSR count). The highest BCUT2D eigenvalue weighted by molar-refractivity contribution is 4.78. The van der Waals surface area contributed by atoms with E-state index in [0.717, 1.165) is 11.8 Å². The molecule has 1 fully saturated rings. The Balaban J connectivity index is 2.48. The van der Waals surface area contributed by atoms with E-state index in [1.165, 1.54) is 51.4 Å². The Kier molecular flexibility index (Phi) is 5.54. The number of hydrogen-bond donors (Lipinski definition) is 1. The highest BCUT2D eigenvalue weighted by Crippen LogP contribution is 2.28. The minimum absolute atomic E-state index is 0.475. The van der Waals surface area contributed by atoms with E-state index in [2.05, 4.69) is 13.8 Å². The van der Waals surface area contributed by atoms with Crippen LogP contribution in [0.2, 0.25) is 0 Å². The summed E-state index contributed by atoms with van der Waals surface area (Å²) in [4.78, 5) is 0. The molecule has 1 nitrogen and oxygen atoms in total. The van der Waals surface area contributed by atoms with Crippen LogP contribution < -0.4 is 5.73 Å². The Morgan fingerprint density at radius 3 is 2.29 bits per heavy atom. The van der Waals surface area contributed by atoms with E-state index in [0.29, 0.717) is 6.04 Å². The summed E-state index contributed by atoms with van der Waals surface area (Å²) in [7, 11) is 0. The molecule has 0 aromatic carbocycles. The molecule has 0 aliphatic heterocycles. The first-order valence-electron chi connectivity index (χ1n) is 6.51. The lowest BCUT2D eigenvalue weighted by molar-refractivity contribution is 0.261. The molecular weight excluding hydrogens is 170 g/mol. The van der Waals surface area contributed by atoms with Crippen molar-refractivity contribution in [3.63, 3.8) is 0 Å². The maximum atomic E-state index is 6.29. The molecule has 3 unspecified atom stereocenters. The first kappa shape index (κ1) is 12.0. The van der Waals surface area contributed by atoms with Crippen molar-refractivity contribution < 1.29 is 0 Å². The van der Waals surface area contributed by atoms with Crippen molar-refractivity contribution in [3.05, 3.63) is 0 Å². The topological polar surface area (TPSA) is 26.0 Å². The Morgan fingerprint density at radius 2 is 1.64 bits per heavy atom. The molecule has 0 heterocycles. The van der Waals surface area contributed by atoms with Crippen LogP contribution in [0, 0.1) is 11.8 Å². The maximum Gasteiger partial charge on any atom is 0.00697 e. The molecule has 1 saturated carbocycles. The second-order valence-electron chi connectivity index (χ2n) is 5.06. The maximum absolute atomic E-state index is 6.29. The molecule has 0 spiro atoms. The lowest BCUT2D eigenvalue weighted by Gasteiger charge is -2.28. The van der Waals surface area contributed by atoms with E-state index in [4.69, 9.17) is 5.73 Å². The monoisotopic (exact) mass is 197 g/mol. The van der Waals surface area contributed by atoms with Gasteiger partial charge in [-0.1, -0.05) is 52.4 Å². The zero-order valence-corrected chi connectivity index (χ0v) is 9.97. The van der Waals surface area contributed by atoms with Crippen LogP contribution in [-0.2, 0) is 0 Å². The van der Waals surface area contributed by atoms with Crippen molar-refractivity contribution in [3.8, 4) is 0 Å². The Labute approximate surface area is 89.5 Å². The number of rotatable bonds is 2. The molecular formula is C13H27N. The third-order valence-corrected chi connectivity index (χ3v) is 4.00. The molecule has 0 bridgehead atoms. The molecule has 0 amide bonds. The van der Waals surface area contributed by atoms with Gasteiger partial charge in [0.1, 0.15) is 0 Å². The summed E-state index contributed by atoms with van der Waals surface area (Å²) in [5.74, 6) is 1.61. The Hall–Kier alpha value is -0.0400. The van der Waals surface area contributed by atoms with Gasteiger partial charge in [-0.2, -0.15) is 0 Å². The van der Waals surface area contributed by atoms with Crippen LogP contribution in [-0.4, -0.2) is 6.04 Å². The molecule has 84 valence electrons. The van der Waals surface area contributed by atoms with Gasteiger partial charge < -0.3 is 5.73 Å². The summed E-state index contributed by atoms with van der Waals surface area (Å²) < 4.78 is 0. The van der Waals surface area contributed by atoms with Gasteiger partial charge in [-0.15, -0.1) is 0 Å². The normalized spacial score (nSPS) is 32.8. The van der Waals surface area contributed by atoms with E-state index in [9.17, 15) is 0 Å². The second-order valence-corrected chi connectivity index (χ2v) is 5.06. The summed E-state index contributed by atoms with van der Waals surface area (Å²) in [5, 5.41) is 0. The fourth-order valence-electron chi connectivity index (χ4n) is 2.73. The van der Waals surface area contributed by atoms with Gasteiger partial charge in [0, 0.05) is 6.04 Å². The quantitative estimate of drug-likeness (QED) is 0.717. The molecule has 0 aromatic heterocycles. The fraction of sp³-hybridized carbons (Fsp3) is 1.00. The highest BCUT2D eigenvalue weighted by Gasteiger charge is 2.22. The molecule has 0 radical (unpaired) electrons. The van der Waals surface area contributed by atoms with Crippen LogP contribution in [0.25, 0.3) is 0 Å². The van der Waals surface area contributed by atoms with Crippen molar-refractivity contribution in [2.45, 2.75) is 71.3 Å². The fourth-order valence-corrected chi connectivity index (χ4v) is 2.73. The van der Waals surface area contributed by atoms with Gasteiger partial charge in [0.2, 0.25) is 0 Å². The summed E-state index contributed by atoms with van der Waals surface area (Å²) in [6.07, 6.45) is 10.9. The average molecular weight is 197 g/mol. The molecule has 1 heteroatoms. The van der Waals surface area contributed by atoms with Crippen LogP contribution in [0.5, 0.6) is 0 Å². The Morgan fingerprint density at radius 1 is 1.07 bits per heavy atom. The van der Waals surface area contributed by atoms with Gasteiger partial charge in [-0.25, -0.2) is 0 Å². The second kappa shape index (κ2) is 6.44. The predicted molar refractivity (Wildman–Crippen MR) is 63.2 cm³/mol. The minimum Gasteiger partial charge on any atom is -0.327 e. The molecule has 14 heavy (non-hydrogen) atoms. The standard InChI is InChI=1S/C13H27N/c1-3-11(2)12-9-7-5-4-6-8-10-13(12)14/h11-13H,3-10,14H2,1-2H3. The van der Waals surface area contributed by atoms with Crippen LogP contribution >= 0.6 is 0 Å². The first-order valence-corrected chi connectivity index (χ1v) is 6.51. The van der Waals surface area contributed by atoms with Crippen molar-refractivity contribution in [2.24, 2.45) is 17.6 Å². The third kappa shape index (κ3) is 3.61. The molecule has 2 N–H and O–H groups in total. The molecule has 0 aromatic rings. The average Bonchev–Trinajstić information content (AvgIpc) is 2.29. The first-order chi connectivity index (χ1) is 6.75. The van der Waals surface area contributed by atoms with Gasteiger partial charge >= 0.3 is 0 Å². The van der Waals surface area contributed by atoms with Gasteiger partial charge in [0.05, 0.1) is 0 Å². The molecule has 3 atom stereocenters. The summed E-state index contributed by atoms with van der Waals surface area (Å²) in [6, 6.07) is 0.475. The van der Waals surface area contributed by atoms with E-state index in [1.54, 1.807) is 0 Å². The zero-order valence-electron chi connectivity index (χ0n) is 9.97. The third-order valence-electron chi connectivity index (χ3n) is 4.00. The zero-order chi connectivity index (χ0) is 10.4. The van der Waals surface area contributed by atoms with Crippen molar-refractivity contribution in [2.75, 3.05) is 0 Å². The van der Waals surface area contributed by atoms with Gasteiger partial charge in [0.25, 0.3) is 0 Å². The van der Waals surface area contributed by atoms with Crippen LogP contribution in [0.4, 0.5) is 0 Å². The smallest absolute Gasteiger partial charge is 0.00697 e. The Bertz CT molecular complexity index is 144. The van der Waals surface area contributed by atoms with Crippen molar-refractivity contribution in [1.29, 1.82) is 0 Å². The molecule has 1 aliphatic rings. The van der Waals surface area contributed by atoms with E-state index >= 15 is 0 Å². The largest absolute Gasteiger partial charge is 0.327 e. The van der Waals surface area contributed by atoms with Crippen LogP contribution in [0.15, 0.2) is 0 Å². The van der Waals surface area contributed by atoms with Crippen LogP contribution in [0.3, 0.4) is 0 Å². The van der Waals surface area contributed by atoms with Gasteiger partial charge in [-0.3, -0.25) is 0 Å². The van der Waals surface area contributed by atoms with Gasteiger partial charge in [0.15, 0.2) is 0 Å². The van der Waals surface area contributed by atoms with Crippen molar-refractivity contribution in [1.82, 2.24) is 0 Å². The lowest BCUT2D eigenvalue weighted by Crippen LogP contribution is -2.34. The van der Waals surface area contributed by atoms with Crippen LogP contribution in [0.1, 0.15) is 65.2 Å². The number of hydrogen-bond acceptors (Lipinski definition) is 1. The summed E-state index contributed by atoms with van der Waals surface area (Å²) in [5.41, 5.74) is 6.29. The van der Waals surface area contributed by atoms with E-state index < -0.39 is 0 Å². The van der Waals surface area contributed by atoms with E-state index in [1.807, 2.05) is 0 Å². The SMILES string of the molecule is CCC(C)C1CCCCCCCC1N.